The summed E-state index contributed by atoms with van der Waals surface area (Å²) in [5, 5.41) is 17.3. The molecule has 0 aliphatic rings. The van der Waals surface area contributed by atoms with Crippen LogP contribution in [-0.2, 0) is 6.54 Å². The molecule has 0 aliphatic heterocycles. The van der Waals surface area contributed by atoms with E-state index in [0.29, 0.717) is 24.5 Å². The van der Waals surface area contributed by atoms with E-state index in [9.17, 15) is 9.90 Å². The Balaban J connectivity index is 1.53. The zero-order chi connectivity index (χ0) is 20.2. The molecule has 0 aliphatic carbocycles. The SMILES string of the molecule is CCOc1ccc2ccccc2c1C(=O)NCc1ccc([C@@H](O)c2cccs2)s1. The van der Waals surface area contributed by atoms with Gasteiger partial charge in [0.25, 0.3) is 5.91 Å². The topological polar surface area (TPSA) is 58.6 Å². The van der Waals surface area contributed by atoms with Gasteiger partial charge in [-0.1, -0.05) is 36.4 Å². The summed E-state index contributed by atoms with van der Waals surface area (Å²) < 4.78 is 5.71. The molecule has 4 rings (SSSR count). The highest BCUT2D eigenvalue weighted by molar-refractivity contribution is 7.12. The van der Waals surface area contributed by atoms with Crippen LogP contribution < -0.4 is 10.1 Å². The molecule has 2 heterocycles. The van der Waals surface area contributed by atoms with E-state index in [1.165, 1.54) is 22.7 Å². The number of fused-ring (bicyclic) bond motifs is 1. The zero-order valence-corrected chi connectivity index (χ0v) is 17.6. The predicted molar refractivity (Wildman–Crippen MR) is 119 cm³/mol. The first-order valence-electron chi connectivity index (χ1n) is 9.40. The summed E-state index contributed by atoms with van der Waals surface area (Å²) in [6.07, 6.45) is -0.618. The normalized spacial score (nSPS) is 12.1. The summed E-state index contributed by atoms with van der Waals surface area (Å²) in [7, 11) is 0. The first-order chi connectivity index (χ1) is 14.2. The van der Waals surface area contributed by atoms with Crippen LogP contribution in [0.1, 0.15) is 38.0 Å². The van der Waals surface area contributed by atoms with Crippen LogP contribution in [0.15, 0.2) is 66.0 Å². The molecule has 4 aromatic rings. The predicted octanol–water partition coefficient (Wildman–Crippen LogP) is 5.37. The van der Waals surface area contributed by atoms with Crippen LogP contribution in [0.5, 0.6) is 5.75 Å². The van der Waals surface area contributed by atoms with Gasteiger partial charge in [0, 0.05) is 14.6 Å². The smallest absolute Gasteiger partial charge is 0.255 e. The average molecular weight is 424 g/mol. The Bertz CT molecular complexity index is 1120. The third-order valence-electron chi connectivity index (χ3n) is 4.61. The molecule has 2 aromatic heterocycles. The van der Waals surface area contributed by atoms with Gasteiger partial charge in [-0.15, -0.1) is 22.7 Å². The minimum atomic E-state index is -0.618. The lowest BCUT2D eigenvalue weighted by Crippen LogP contribution is -2.23. The fourth-order valence-corrected chi connectivity index (χ4v) is 5.00. The molecule has 0 radical (unpaired) electrons. The molecular formula is C23H21NO3S2. The highest BCUT2D eigenvalue weighted by atomic mass is 32.1. The molecule has 0 fully saturated rings. The Labute approximate surface area is 177 Å². The van der Waals surface area contributed by atoms with Gasteiger partial charge in [-0.05, 0) is 47.3 Å². The van der Waals surface area contributed by atoms with Crippen molar-refractivity contribution >= 4 is 39.4 Å². The molecule has 0 bridgehead atoms. The van der Waals surface area contributed by atoms with Crippen molar-refractivity contribution < 1.29 is 14.6 Å². The molecule has 148 valence electrons. The molecule has 0 saturated carbocycles. The van der Waals surface area contributed by atoms with Gasteiger partial charge < -0.3 is 15.2 Å². The monoisotopic (exact) mass is 423 g/mol. The van der Waals surface area contributed by atoms with Gasteiger partial charge in [0.1, 0.15) is 11.9 Å². The molecule has 1 amide bonds. The van der Waals surface area contributed by atoms with E-state index < -0.39 is 6.10 Å². The van der Waals surface area contributed by atoms with Crippen molar-refractivity contribution in [3.63, 3.8) is 0 Å². The second kappa shape index (κ2) is 8.78. The number of hydrogen-bond acceptors (Lipinski definition) is 5. The standard InChI is InChI=1S/C23H21NO3S2/c1-2-27-18-11-9-15-6-3-4-7-17(15)21(18)23(26)24-14-16-10-12-20(29-16)22(25)19-8-5-13-28-19/h3-13,22,25H,2,14H2,1H3,(H,24,26)/t22-/m0/s1. The van der Waals surface area contributed by atoms with Crippen LogP contribution in [-0.4, -0.2) is 17.6 Å². The van der Waals surface area contributed by atoms with Crippen LogP contribution in [0.3, 0.4) is 0 Å². The van der Waals surface area contributed by atoms with Gasteiger partial charge >= 0.3 is 0 Å². The molecule has 1 atom stereocenters. The van der Waals surface area contributed by atoms with Crippen LogP contribution in [0, 0.1) is 0 Å². The van der Waals surface area contributed by atoms with E-state index in [-0.39, 0.29) is 5.91 Å². The Kier molecular flexibility index (Phi) is 5.94. The Morgan fingerprint density at radius 3 is 2.72 bits per heavy atom. The Morgan fingerprint density at radius 1 is 1.07 bits per heavy atom. The number of hydrogen-bond donors (Lipinski definition) is 2. The lowest BCUT2D eigenvalue weighted by atomic mass is 10.0. The fourth-order valence-electron chi connectivity index (χ4n) is 3.24. The van der Waals surface area contributed by atoms with Gasteiger partial charge in [0.2, 0.25) is 0 Å². The van der Waals surface area contributed by atoms with Crippen molar-refractivity contribution in [1.29, 1.82) is 0 Å². The molecule has 4 nitrogen and oxygen atoms in total. The summed E-state index contributed by atoms with van der Waals surface area (Å²) in [5.41, 5.74) is 0.556. The molecule has 6 heteroatoms. The van der Waals surface area contributed by atoms with E-state index in [2.05, 4.69) is 5.32 Å². The summed E-state index contributed by atoms with van der Waals surface area (Å²) in [6.45, 7) is 2.80. The highest BCUT2D eigenvalue weighted by Gasteiger charge is 2.18. The summed E-state index contributed by atoms with van der Waals surface area (Å²) in [6, 6.07) is 19.3. The van der Waals surface area contributed by atoms with Crippen molar-refractivity contribution in [1.82, 2.24) is 5.32 Å². The summed E-state index contributed by atoms with van der Waals surface area (Å²) >= 11 is 3.04. The number of thiophene rings is 2. The Hall–Kier alpha value is -2.67. The van der Waals surface area contributed by atoms with Crippen LogP contribution in [0.25, 0.3) is 10.8 Å². The summed E-state index contributed by atoms with van der Waals surface area (Å²) in [4.78, 5) is 15.8. The first-order valence-corrected chi connectivity index (χ1v) is 11.1. The number of carbonyl (C=O) groups excluding carboxylic acids is 1. The number of aliphatic hydroxyl groups excluding tert-OH is 1. The van der Waals surface area contributed by atoms with Gasteiger partial charge in [0.05, 0.1) is 18.7 Å². The van der Waals surface area contributed by atoms with Crippen LogP contribution in [0.4, 0.5) is 0 Å². The minimum Gasteiger partial charge on any atom is -0.493 e. The molecule has 0 unspecified atom stereocenters. The zero-order valence-electron chi connectivity index (χ0n) is 15.9. The number of nitrogens with one attached hydrogen (secondary N) is 1. The Morgan fingerprint density at radius 2 is 1.93 bits per heavy atom. The number of ether oxygens (including phenoxy) is 1. The van der Waals surface area contributed by atoms with Gasteiger partial charge in [0.15, 0.2) is 0 Å². The van der Waals surface area contributed by atoms with Crippen LogP contribution >= 0.6 is 22.7 Å². The maximum atomic E-state index is 13.0. The number of carbonyl (C=O) groups is 1. The maximum absolute atomic E-state index is 13.0. The third kappa shape index (κ3) is 4.19. The van der Waals surface area contributed by atoms with E-state index in [1.54, 1.807) is 0 Å². The summed E-state index contributed by atoms with van der Waals surface area (Å²) in [5.74, 6) is 0.419. The molecule has 29 heavy (non-hydrogen) atoms. The van der Waals surface area contributed by atoms with Crippen LogP contribution in [0.2, 0.25) is 0 Å². The van der Waals surface area contributed by atoms with E-state index in [4.69, 9.17) is 4.74 Å². The van der Waals surface area contributed by atoms with Crippen molar-refractivity contribution in [2.24, 2.45) is 0 Å². The molecule has 0 saturated heterocycles. The van der Waals surface area contributed by atoms with E-state index in [0.717, 1.165) is 25.4 Å². The van der Waals surface area contributed by atoms with Gasteiger partial charge in [-0.25, -0.2) is 0 Å². The van der Waals surface area contributed by atoms with Crippen molar-refractivity contribution in [3.8, 4) is 5.75 Å². The fraction of sp³-hybridized carbons (Fsp3) is 0.174. The maximum Gasteiger partial charge on any atom is 0.255 e. The number of aliphatic hydroxyl groups is 1. The molecule has 2 aromatic carbocycles. The molecule has 2 N–H and O–H groups in total. The third-order valence-corrected chi connectivity index (χ3v) is 6.67. The van der Waals surface area contributed by atoms with Crippen molar-refractivity contribution in [2.75, 3.05) is 6.61 Å². The quantitative estimate of drug-likeness (QED) is 0.420. The molecule has 0 spiro atoms. The number of rotatable bonds is 7. The first kappa shape index (κ1) is 19.6. The van der Waals surface area contributed by atoms with E-state index in [1.807, 2.05) is 73.0 Å². The second-order valence-electron chi connectivity index (χ2n) is 6.50. The minimum absolute atomic E-state index is 0.168. The lowest BCUT2D eigenvalue weighted by Gasteiger charge is -2.13. The molecular weight excluding hydrogens is 402 g/mol. The van der Waals surface area contributed by atoms with Crippen molar-refractivity contribution in [2.45, 2.75) is 19.6 Å². The lowest BCUT2D eigenvalue weighted by molar-refractivity contribution is 0.0949. The highest BCUT2D eigenvalue weighted by Crippen LogP contribution is 2.31. The van der Waals surface area contributed by atoms with Gasteiger partial charge in [-0.2, -0.15) is 0 Å². The van der Waals surface area contributed by atoms with E-state index >= 15 is 0 Å². The van der Waals surface area contributed by atoms with Gasteiger partial charge in [-0.3, -0.25) is 4.79 Å². The number of benzene rings is 2. The number of amides is 1. The average Bonchev–Trinajstić information content (AvgIpc) is 3.44. The second-order valence-corrected chi connectivity index (χ2v) is 8.68. The largest absolute Gasteiger partial charge is 0.493 e. The van der Waals surface area contributed by atoms with Crippen molar-refractivity contribution in [3.05, 3.63) is 86.2 Å².